The number of hydrogen-bond donors (Lipinski definition) is 2. The van der Waals surface area contributed by atoms with Crippen molar-refractivity contribution < 1.29 is 14.9 Å². The van der Waals surface area contributed by atoms with E-state index < -0.39 is 6.10 Å². The molecule has 0 saturated heterocycles. The van der Waals surface area contributed by atoms with Crippen LogP contribution in [-0.2, 0) is 0 Å². The van der Waals surface area contributed by atoms with Gasteiger partial charge in [-0.3, -0.25) is 4.98 Å². The maximum Gasteiger partial charge on any atom is 0.137 e. The first-order valence-electron chi connectivity index (χ1n) is 4.14. The Kier molecular flexibility index (Phi) is 4.21. The number of pyridine rings is 1. The molecule has 13 heavy (non-hydrogen) atoms. The highest BCUT2D eigenvalue weighted by Gasteiger charge is 2.01. The minimum absolute atomic E-state index is 0.226. The summed E-state index contributed by atoms with van der Waals surface area (Å²) >= 11 is 0. The van der Waals surface area contributed by atoms with E-state index in [1.54, 1.807) is 24.5 Å². The highest BCUT2D eigenvalue weighted by atomic mass is 16.5. The van der Waals surface area contributed by atoms with E-state index in [4.69, 9.17) is 14.9 Å². The van der Waals surface area contributed by atoms with Crippen molar-refractivity contribution in [3.8, 4) is 5.75 Å². The predicted molar refractivity (Wildman–Crippen MR) is 47.4 cm³/mol. The van der Waals surface area contributed by atoms with Crippen LogP contribution in [0.15, 0.2) is 24.5 Å². The molecule has 0 bridgehead atoms. The lowest BCUT2D eigenvalue weighted by Crippen LogP contribution is -2.15. The molecule has 0 aliphatic carbocycles. The van der Waals surface area contributed by atoms with E-state index in [2.05, 4.69) is 4.98 Å². The number of aliphatic hydroxyl groups is 2. The number of hydrogen-bond acceptors (Lipinski definition) is 4. The van der Waals surface area contributed by atoms with Crippen LogP contribution in [0.1, 0.15) is 6.42 Å². The van der Waals surface area contributed by atoms with Crippen LogP contribution in [0.3, 0.4) is 0 Å². The lowest BCUT2D eigenvalue weighted by atomic mass is 10.3. The summed E-state index contributed by atoms with van der Waals surface area (Å²) in [5.41, 5.74) is 0. The van der Waals surface area contributed by atoms with Crippen LogP contribution in [0.25, 0.3) is 0 Å². The fraction of sp³-hybridized carbons (Fsp3) is 0.444. The van der Waals surface area contributed by atoms with E-state index in [1.807, 2.05) is 0 Å². The van der Waals surface area contributed by atoms with E-state index in [-0.39, 0.29) is 6.61 Å². The molecular formula is C9H13NO3. The lowest BCUT2D eigenvalue weighted by Gasteiger charge is -2.08. The van der Waals surface area contributed by atoms with Crippen LogP contribution < -0.4 is 4.74 Å². The summed E-state index contributed by atoms with van der Waals surface area (Å²) in [6.45, 7) is 0.157. The molecule has 1 atom stereocenters. The van der Waals surface area contributed by atoms with Gasteiger partial charge in [0.25, 0.3) is 0 Å². The number of aromatic nitrogens is 1. The Morgan fingerprint density at radius 1 is 1.54 bits per heavy atom. The van der Waals surface area contributed by atoms with Gasteiger partial charge in [-0.25, -0.2) is 0 Å². The van der Waals surface area contributed by atoms with Crippen LogP contribution in [-0.4, -0.2) is 34.5 Å². The Labute approximate surface area is 76.8 Å². The minimum Gasteiger partial charge on any atom is -0.492 e. The average Bonchev–Trinajstić information content (AvgIpc) is 2.19. The lowest BCUT2D eigenvalue weighted by molar-refractivity contribution is 0.0753. The maximum absolute atomic E-state index is 8.99. The monoisotopic (exact) mass is 183 g/mol. The van der Waals surface area contributed by atoms with Crippen molar-refractivity contribution in [1.29, 1.82) is 0 Å². The molecule has 0 aliphatic rings. The van der Waals surface area contributed by atoms with Gasteiger partial charge in [-0.2, -0.15) is 0 Å². The van der Waals surface area contributed by atoms with E-state index in [0.29, 0.717) is 18.8 Å². The van der Waals surface area contributed by atoms with Gasteiger partial charge < -0.3 is 14.9 Å². The van der Waals surface area contributed by atoms with Gasteiger partial charge in [0.05, 0.1) is 25.5 Å². The molecule has 0 amide bonds. The van der Waals surface area contributed by atoms with Gasteiger partial charge in [0.1, 0.15) is 5.75 Å². The van der Waals surface area contributed by atoms with Crippen molar-refractivity contribution in [2.45, 2.75) is 12.5 Å². The Bertz CT molecular complexity index is 228. The summed E-state index contributed by atoms with van der Waals surface area (Å²) in [5.74, 6) is 0.674. The van der Waals surface area contributed by atoms with Crippen molar-refractivity contribution in [3.05, 3.63) is 24.5 Å². The first-order chi connectivity index (χ1) is 6.33. The second-order valence-corrected chi connectivity index (χ2v) is 2.66. The van der Waals surface area contributed by atoms with E-state index in [1.165, 1.54) is 0 Å². The number of rotatable bonds is 5. The second kappa shape index (κ2) is 5.50. The summed E-state index contributed by atoms with van der Waals surface area (Å²) < 4.78 is 5.24. The molecule has 1 unspecified atom stereocenters. The molecule has 0 saturated carbocycles. The van der Waals surface area contributed by atoms with Crippen molar-refractivity contribution >= 4 is 0 Å². The summed E-state index contributed by atoms with van der Waals surface area (Å²) in [4.78, 5) is 3.87. The topological polar surface area (TPSA) is 62.6 Å². The van der Waals surface area contributed by atoms with Crippen LogP contribution in [0, 0.1) is 0 Å². The minimum atomic E-state index is -0.698. The number of aliphatic hydroxyl groups excluding tert-OH is 2. The Morgan fingerprint density at radius 3 is 3.00 bits per heavy atom. The Hall–Kier alpha value is -1.13. The maximum atomic E-state index is 8.99. The molecule has 2 N–H and O–H groups in total. The van der Waals surface area contributed by atoms with Gasteiger partial charge in [-0.15, -0.1) is 0 Å². The average molecular weight is 183 g/mol. The van der Waals surface area contributed by atoms with Crippen LogP contribution in [0.4, 0.5) is 0 Å². The summed E-state index contributed by atoms with van der Waals surface area (Å²) in [6, 6.07) is 3.57. The van der Waals surface area contributed by atoms with Crippen LogP contribution >= 0.6 is 0 Å². The first kappa shape index (κ1) is 9.95. The fourth-order valence-electron chi connectivity index (χ4n) is 0.837. The molecule has 1 rings (SSSR count). The fourth-order valence-corrected chi connectivity index (χ4v) is 0.837. The molecule has 0 fully saturated rings. The zero-order chi connectivity index (χ0) is 9.52. The van der Waals surface area contributed by atoms with Gasteiger partial charge in [-0.1, -0.05) is 0 Å². The molecule has 0 aromatic carbocycles. The zero-order valence-electron chi connectivity index (χ0n) is 7.26. The van der Waals surface area contributed by atoms with E-state index in [0.717, 1.165) is 0 Å². The molecule has 0 spiro atoms. The van der Waals surface area contributed by atoms with Gasteiger partial charge in [0, 0.05) is 12.6 Å². The van der Waals surface area contributed by atoms with Crippen molar-refractivity contribution in [2.75, 3.05) is 13.2 Å². The Balaban J connectivity index is 2.20. The molecule has 4 nitrogen and oxygen atoms in total. The van der Waals surface area contributed by atoms with E-state index >= 15 is 0 Å². The van der Waals surface area contributed by atoms with Gasteiger partial charge >= 0.3 is 0 Å². The van der Waals surface area contributed by atoms with Gasteiger partial charge in [0.2, 0.25) is 0 Å². The third-order valence-electron chi connectivity index (χ3n) is 1.56. The first-order valence-corrected chi connectivity index (χ1v) is 4.14. The molecule has 72 valence electrons. The summed E-state index contributed by atoms with van der Waals surface area (Å²) in [7, 11) is 0. The number of ether oxygens (including phenoxy) is 1. The van der Waals surface area contributed by atoms with Gasteiger partial charge in [-0.05, 0) is 12.1 Å². The van der Waals surface area contributed by atoms with Crippen molar-refractivity contribution in [2.24, 2.45) is 0 Å². The van der Waals surface area contributed by atoms with Crippen molar-refractivity contribution in [1.82, 2.24) is 4.98 Å². The van der Waals surface area contributed by atoms with Crippen LogP contribution in [0.5, 0.6) is 5.75 Å². The molecule has 0 radical (unpaired) electrons. The predicted octanol–water partition coefficient (Wildman–Crippen LogP) is 0.204. The Morgan fingerprint density at radius 2 is 2.38 bits per heavy atom. The van der Waals surface area contributed by atoms with Gasteiger partial charge in [0.15, 0.2) is 0 Å². The number of nitrogens with zero attached hydrogens (tertiary/aromatic N) is 1. The third-order valence-corrected chi connectivity index (χ3v) is 1.56. The smallest absolute Gasteiger partial charge is 0.137 e. The molecule has 4 heteroatoms. The molecule has 1 heterocycles. The SMILES string of the molecule is OCC(O)CCOc1cccnc1. The normalized spacial score (nSPS) is 12.5. The molecule has 1 aromatic rings. The van der Waals surface area contributed by atoms with Crippen LogP contribution in [0.2, 0.25) is 0 Å². The molecule has 0 aliphatic heterocycles. The molecule has 1 aromatic heterocycles. The standard InChI is InChI=1S/C9H13NO3/c11-7-8(12)3-5-13-9-2-1-4-10-6-9/h1-2,4,6,8,11-12H,3,5,7H2. The highest BCUT2D eigenvalue weighted by molar-refractivity contribution is 5.15. The second-order valence-electron chi connectivity index (χ2n) is 2.66. The largest absolute Gasteiger partial charge is 0.492 e. The zero-order valence-corrected chi connectivity index (χ0v) is 7.26. The molecular weight excluding hydrogens is 170 g/mol. The van der Waals surface area contributed by atoms with Crippen molar-refractivity contribution in [3.63, 3.8) is 0 Å². The summed E-state index contributed by atoms with van der Waals surface area (Å²) in [6.07, 6.45) is 2.99. The summed E-state index contributed by atoms with van der Waals surface area (Å²) in [5, 5.41) is 17.5. The van der Waals surface area contributed by atoms with E-state index in [9.17, 15) is 0 Å². The highest BCUT2D eigenvalue weighted by Crippen LogP contribution is 2.06. The quantitative estimate of drug-likeness (QED) is 0.684. The third kappa shape index (κ3) is 3.87.